The van der Waals surface area contributed by atoms with E-state index in [-0.39, 0.29) is 24.1 Å². The molecule has 0 unspecified atom stereocenters. The van der Waals surface area contributed by atoms with Crippen LogP contribution in [0, 0.1) is 5.82 Å². The SMILES string of the molecule is CCCNCCNC(=O)c1ccc(COc2ccc(F)cc2)o1. The maximum absolute atomic E-state index is 12.8. The van der Waals surface area contributed by atoms with Gasteiger partial charge in [-0.2, -0.15) is 0 Å². The van der Waals surface area contributed by atoms with Gasteiger partial charge in [-0.3, -0.25) is 4.79 Å². The Kier molecular flexibility index (Phi) is 6.62. The fraction of sp³-hybridized carbons (Fsp3) is 0.353. The van der Waals surface area contributed by atoms with E-state index >= 15 is 0 Å². The summed E-state index contributed by atoms with van der Waals surface area (Å²) in [6, 6.07) is 9.02. The van der Waals surface area contributed by atoms with Crippen molar-refractivity contribution in [3.05, 3.63) is 53.7 Å². The van der Waals surface area contributed by atoms with Gasteiger partial charge >= 0.3 is 0 Å². The van der Waals surface area contributed by atoms with Crippen LogP contribution < -0.4 is 15.4 Å². The Labute approximate surface area is 134 Å². The first-order valence-corrected chi connectivity index (χ1v) is 7.65. The van der Waals surface area contributed by atoms with Gasteiger partial charge in [0.1, 0.15) is 23.9 Å². The van der Waals surface area contributed by atoms with E-state index < -0.39 is 0 Å². The normalized spacial score (nSPS) is 10.5. The van der Waals surface area contributed by atoms with Gasteiger partial charge in [0.2, 0.25) is 0 Å². The number of hydrogen-bond donors (Lipinski definition) is 2. The molecule has 0 saturated heterocycles. The van der Waals surface area contributed by atoms with Gasteiger partial charge in [-0.1, -0.05) is 6.92 Å². The largest absolute Gasteiger partial charge is 0.486 e. The molecule has 0 aliphatic carbocycles. The highest BCUT2D eigenvalue weighted by Gasteiger charge is 2.10. The van der Waals surface area contributed by atoms with Crippen molar-refractivity contribution in [1.82, 2.24) is 10.6 Å². The van der Waals surface area contributed by atoms with Crippen LogP contribution in [0.15, 0.2) is 40.8 Å². The van der Waals surface area contributed by atoms with Crippen molar-refractivity contribution in [3.63, 3.8) is 0 Å². The van der Waals surface area contributed by atoms with E-state index in [2.05, 4.69) is 17.6 Å². The molecular weight excluding hydrogens is 299 g/mol. The molecule has 6 heteroatoms. The van der Waals surface area contributed by atoms with Crippen LogP contribution in [0.1, 0.15) is 29.7 Å². The Morgan fingerprint density at radius 2 is 1.91 bits per heavy atom. The summed E-state index contributed by atoms with van der Waals surface area (Å²) in [6.45, 7) is 4.46. The molecule has 5 nitrogen and oxygen atoms in total. The topological polar surface area (TPSA) is 63.5 Å². The van der Waals surface area contributed by atoms with Crippen LogP contribution in [0.25, 0.3) is 0 Å². The minimum absolute atomic E-state index is 0.178. The quantitative estimate of drug-likeness (QED) is 0.697. The van der Waals surface area contributed by atoms with Crippen LogP contribution in [-0.4, -0.2) is 25.5 Å². The molecular formula is C17H21FN2O3. The zero-order chi connectivity index (χ0) is 16.5. The first-order chi connectivity index (χ1) is 11.2. The summed E-state index contributed by atoms with van der Waals surface area (Å²) in [4.78, 5) is 11.9. The number of ether oxygens (including phenoxy) is 1. The maximum Gasteiger partial charge on any atom is 0.287 e. The molecule has 0 aliphatic heterocycles. The second-order valence-electron chi connectivity index (χ2n) is 5.01. The third kappa shape index (κ3) is 5.75. The molecule has 2 rings (SSSR count). The predicted molar refractivity (Wildman–Crippen MR) is 84.9 cm³/mol. The van der Waals surface area contributed by atoms with E-state index in [1.54, 1.807) is 12.1 Å². The molecule has 0 fully saturated rings. The van der Waals surface area contributed by atoms with Crippen molar-refractivity contribution in [2.24, 2.45) is 0 Å². The average molecular weight is 320 g/mol. The molecule has 1 heterocycles. The second kappa shape index (κ2) is 8.95. The van der Waals surface area contributed by atoms with Gasteiger partial charge in [-0.25, -0.2) is 4.39 Å². The molecule has 0 spiro atoms. The summed E-state index contributed by atoms with van der Waals surface area (Å²) in [5.41, 5.74) is 0. The first kappa shape index (κ1) is 17.0. The van der Waals surface area contributed by atoms with Crippen LogP contribution in [0.5, 0.6) is 5.75 Å². The van der Waals surface area contributed by atoms with Gasteiger partial charge in [-0.15, -0.1) is 0 Å². The van der Waals surface area contributed by atoms with Gasteiger partial charge in [0.05, 0.1) is 0 Å². The summed E-state index contributed by atoms with van der Waals surface area (Å²) in [6.07, 6.45) is 1.06. The van der Waals surface area contributed by atoms with Crippen molar-refractivity contribution in [2.75, 3.05) is 19.6 Å². The van der Waals surface area contributed by atoms with E-state index in [4.69, 9.17) is 9.15 Å². The Hall–Kier alpha value is -2.34. The number of carbonyl (C=O) groups excluding carboxylic acids is 1. The highest BCUT2D eigenvalue weighted by atomic mass is 19.1. The summed E-state index contributed by atoms with van der Waals surface area (Å²) in [7, 11) is 0. The average Bonchev–Trinajstić information content (AvgIpc) is 3.03. The summed E-state index contributed by atoms with van der Waals surface area (Å²) in [5.74, 6) is 0.747. The fourth-order valence-electron chi connectivity index (χ4n) is 1.92. The predicted octanol–water partition coefficient (Wildman–Crippen LogP) is 2.73. The summed E-state index contributed by atoms with van der Waals surface area (Å²) >= 11 is 0. The Morgan fingerprint density at radius 1 is 1.13 bits per heavy atom. The number of carbonyl (C=O) groups is 1. The van der Waals surface area contributed by atoms with Crippen molar-refractivity contribution in [1.29, 1.82) is 0 Å². The van der Waals surface area contributed by atoms with Gasteiger partial charge in [0, 0.05) is 13.1 Å². The van der Waals surface area contributed by atoms with Crippen LogP contribution in [0.2, 0.25) is 0 Å². The number of furan rings is 1. The van der Waals surface area contributed by atoms with Gasteiger partial charge < -0.3 is 19.8 Å². The van der Waals surface area contributed by atoms with E-state index in [0.29, 0.717) is 18.1 Å². The van der Waals surface area contributed by atoms with E-state index in [9.17, 15) is 9.18 Å². The minimum Gasteiger partial charge on any atom is -0.486 e. The smallest absolute Gasteiger partial charge is 0.287 e. The van der Waals surface area contributed by atoms with Crippen molar-refractivity contribution >= 4 is 5.91 Å². The van der Waals surface area contributed by atoms with E-state index in [1.807, 2.05) is 0 Å². The molecule has 23 heavy (non-hydrogen) atoms. The third-order valence-corrected chi connectivity index (χ3v) is 3.09. The zero-order valence-electron chi connectivity index (χ0n) is 13.1. The van der Waals surface area contributed by atoms with Gasteiger partial charge in [0.15, 0.2) is 5.76 Å². The summed E-state index contributed by atoms with van der Waals surface area (Å²) in [5, 5.41) is 5.97. The molecule has 0 bridgehead atoms. The van der Waals surface area contributed by atoms with Crippen LogP contribution in [0.4, 0.5) is 4.39 Å². The fourth-order valence-corrected chi connectivity index (χ4v) is 1.92. The maximum atomic E-state index is 12.8. The second-order valence-corrected chi connectivity index (χ2v) is 5.01. The summed E-state index contributed by atoms with van der Waals surface area (Å²) < 4.78 is 23.7. The highest BCUT2D eigenvalue weighted by molar-refractivity contribution is 5.91. The molecule has 0 radical (unpaired) electrons. The van der Waals surface area contributed by atoms with Gasteiger partial charge in [-0.05, 0) is 49.4 Å². The molecule has 1 aromatic heterocycles. The molecule has 1 amide bonds. The van der Waals surface area contributed by atoms with Crippen LogP contribution in [0.3, 0.4) is 0 Å². The zero-order valence-corrected chi connectivity index (χ0v) is 13.1. The molecule has 2 N–H and O–H groups in total. The number of halogens is 1. The Bertz CT molecular complexity index is 611. The lowest BCUT2D eigenvalue weighted by atomic mass is 10.3. The highest BCUT2D eigenvalue weighted by Crippen LogP contribution is 2.15. The van der Waals surface area contributed by atoms with Gasteiger partial charge in [0.25, 0.3) is 5.91 Å². The Morgan fingerprint density at radius 3 is 2.65 bits per heavy atom. The number of nitrogens with one attached hydrogen (secondary N) is 2. The number of rotatable bonds is 9. The lowest BCUT2D eigenvalue weighted by Crippen LogP contribution is -2.31. The van der Waals surface area contributed by atoms with Crippen molar-refractivity contribution in [3.8, 4) is 5.75 Å². The molecule has 2 aromatic rings. The lowest BCUT2D eigenvalue weighted by molar-refractivity contribution is 0.0922. The minimum atomic E-state index is -0.317. The standard InChI is InChI=1S/C17H21FN2O3/c1-2-9-19-10-11-20-17(21)16-8-7-15(23-16)12-22-14-5-3-13(18)4-6-14/h3-8,19H,2,9-12H2,1H3,(H,20,21). The number of benzene rings is 1. The van der Waals surface area contributed by atoms with Crippen LogP contribution >= 0.6 is 0 Å². The van der Waals surface area contributed by atoms with Crippen LogP contribution in [-0.2, 0) is 6.61 Å². The number of amides is 1. The third-order valence-electron chi connectivity index (χ3n) is 3.09. The molecule has 1 aromatic carbocycles. The van der Waals surface area contributed by atoms with E-state index in [0.717, 1.165) is 19.5 Å². The first-order valence-electron chi connectivity index (χ1n) is 7.65. The molecule has 124 valence electrons. The molecule has 0 aliphatic rings. The van der Waals surface area contributed by atoms with Crippen molar-refractivity contribution < 1.29 is 18.3 Å². The molecule has 0 atom stereocenters. The molecule has 0 saturated carbocycles. The Balaban J connectivity index is 1.76. The number of hydrogen-bond acceptors (Lipinski definition) is 4. The monoisotopic (exact) mass is 320 g/mol. The van der Waals surface area contributed by atoms with Crippen molar-refractivity contribution in [2.45, 2.75) is 20.0 Å². The van der Waals surface area contributed by atoms with E-state index in [1.165, 1.54) is 24.3 Å². The lowest BCUT2D eigenvalue weighted by Gasteiger charge is -2.05.